The molecule has 11 heteroatoms. The first kappa shape index (κ1) is 24.6. The summed E-state index contributed by atoms with van der Waals surface area (Å²) in [6.45, 7) is 3.57. The van der Waals surface area contributed by atoms with Crippen molar-refractivity contribution in [1.82, 2.24) is 15.0 Å². The number of amides is 1. The molecule has 3 aromatic rings. The summed E-state index contributed by atoms with van der Waals surface area (Å²) in [6.07, 6.45) is -2.71. The molecule has 1 aromatic carbocycles. The first-order valence-electron chi connectivity index (χ1n) is 10.8. The normalized spacial score (nSPS) is 18.2. The summed E-state index contributed by atoms with van der Waals surface area (Å²) >= 11 is 0. The van der Waals surface area contributed by atoms with Crippen LogP contribution in [0, 0.1) is 17.6 Å². The maximum absolute atomic E-state index is 14.7. The maximum Gasteiger partial charge on any atom is 0.394 e. The molecular formula is C24H21F5N4O2. The highest BCUT2D eigenvalue weighted by Crippen LogP contribution is 2.47. The van der Waals surface area contributed by atoms with E-state index in [2.05, 4.69) is 20.3 Å². The summed E-state index contributed by atoms with van der Waals surface area (Å²) < 4.78 is 75.0. The van der Waals surface area contributed by atoms with Crippen molar-refractivity contribution in [3.63, 3.8) is 0 Å². The van der Waals surface area contributed by atoms with E-state index in [9.17, 15) is 26.7 Å². The summed E-state index contributed by atoms with van der Waals surface area (Å²) in [5.41, 5.74) is -0.724. The van der Waals surface area contributed by atoms with Gasteiger partial charge in [-0.15, -0.1) is 0 Å². The molecule has 1 amide bonds. The summed E-state index contributed by atoms with van der Waals surface area (Å²) in [7, 11) is 0. The van der Waals surface area contributed by atoms with Crippen molar-refractivity contribution in [3.8, 4) is 11.1 Å². The molecule has 1 aliphatic rings. The number of rotatable bonds is 5. The molecule has 4 rings (SSSR count). The molecule has 0 spiro atoms. The fraction of sp³-hybridized carbons (Fsp3) is 0.333. The minimum absolute atomic E-state index is 0.0124. The van der Waals surface area contributed by atoms with Crippen molar-refractivity contribution in [2.24, 2.45) is 5.92 Å². The van der Waals surface area contributed by atoms with E-state index in [-0.39, 0.29) is 47.0 Å². The molecule has 1 saturated heterocycles. The Morgan fingerprint density at radius 2 is 1.80 bits per heavy atom. The van der Waals surface area contributed by atoms with Gasteiger partial charge in [0.1, 0.15) is 23.6 Å². The van der Waals surface area contributed by atoms with E-state index in [1.165, 1.54) is 24.7 Å². The number of carbonyl (C=O) groups is 1. The van der Waals surface area contributed by atoms with Crippen molar-refractivity contribution in [2.45, 2.75) is 38.5 Å². The molecule has 0 bridgehead atoms. The topological polar surface area (TPSA) is 77.0 Å². The molecule has 1 N–H and O–H groups in total. The third-order valence-corrected chi connectivity index (χ3v) is 5.67. The molecule has 6 nitrogen and oxygen atoms in total. The van der Waals surface area contributed by atoms with E-state index in [0.717, 1.165) is 18.2 Å². The number of nitrogens with zero attached hydrogens (tertiary/aromatic N) is 3. The van der Waals surface area contributed by atoms with E-state index < -0.39 is 35.7 Å². The van der Waals surface area contributed by atoms with E-state index >= 15 is 0 Å². The number of benzene rings is 1. The van der Waals surface area contributed by atoms with Crippen LogP contribution in [0.2, 0.25) is 0 Å². The van der Waals surface area contributed by atoms with Gasteiger partial charge in [-0.05, 0) is 30.7 Å². The zero-order chi connectivity index (χ0) is 25.3. The number of pyridine rings is 1. The molecule has 35 heavy (non-hydrogen) atoms. The Bertz CT molecular complexity index is 1230. The van der Waals surface area contributed by atoms with Crippen LogP contribution in [-0.2, 0) is 4.74 Å². The van der Waals surface area contributed by atoms with E-state index in [1.54, 1.807) is 0 Å². The van der Waals surface area contributed by atoms with Crippen molar-refractivity contribution in [3.05, 3.63) is 71.6 Å². The van der Waals surface area contributed by atoms with Gasteiger partial charge in [0.05, 0.1) is 22.9 Å². The lowest BCUT2D eigenvalue weighted by Crippen LogP contribution is -2.27. The SMILES string of the molecule is CC(C)c1ncc(C(=O)Nc2c(-c3cc(F)ccc3F)ccnc2[C@@H]2OCC[C@H]2C(F)(F)F)cn1. The Labute approximate surface area is 197 Å². The number of nitrogens with one attached hydrogen (secondary N) is 1. The monoisotopic (exact) mass is 492 g/mol. The lowest BCUT2D eigenvalue weighted by Gasteiger charge is -2.24. The molecule has 0 unspecified atom stereocenters. The van der Waals surface area contributed by atoms with Crippen LogP contribution < -0.4 is 5.32 Å². The second-order valence-electron chi connectivity index (χ2n) is 8.41. The first-order valence-corrected chi connectivity index (χ1v) is 10.8. The molecule has 184 valence electrons. The zero-order valence-corrected chi connectivity index (χ0v) is 18.7. The third-order valence-electron chi connectivity index (χ3n) is 5.67. The minimum atomic E-state index is -4.59. The third kappa shape index (κ3) is 5.14. The zero-order valence-electron chi connectivity index (χ0n) is 18.7. The number of anilines is 1. The molecule has 2 aromatic heterocycles. The van der Waals surface area contributed by atoms with Crippen molar-refractivity contribution in [2.75, 3.05) is 11.9 Å². The molecule has 1 fully saturated rings. The minimum Gasteiger partial charge on any atom is -0.371 e. The molecule has 3 heterocycles. The number of halogens is 5. The van der Waals surface area contributed by atoms with Gasteiger partial charge in [-0.2, -0.15) is 13.2 Å². The molecule has 0 radical (unpaired) electrons. The average molecular weight is 492 g/mol. The Hall–Kier alpha value is -3.47. The lowest BCUT2D eigenvalue weighted by molar-refractivity contribution is -0.187. The van der Waals surface area contributed by atoms with Gasteiger partial charge in [0.15, 0.2) is 0 Å². The second-order valence-corrected chi connectivity index (χ2v) is 8.41. The van der Waals surface area contributed by atoms with Crippen molar-refractivity contribution < 1.29 is 31.5 Å². The fourth-order valence-electron chi connectivity index (χ4n) is 3.89. The predicted octanol–water partition coefficient (Wildman–Crippen LogP) is 5.83. The number of carbonyl (C=O) groups excluding carboxylic acids is 1. The van der Waals surface area contributed by atoms with Gasteiger partial charge < -0.3 is 10.1 Å². The summed E-state index contributed by atoms with van der Waals surface area (Å²) in [4.78, 5) is 25.3. The van der Waals surface area contributed by atoms with Gasteiger partial charge in [-0.1, -0.05) is 13.8 Å². The van der Waals surface area contributed by atoms with Gasteiger partial charge in [0.25, 0.3) is 5.91 Å². The Morgan fingerprint density at radius 3 is 2.46 bits per heavy atom. The summed E-state index contributed by atoms with van der Waals surface area (Å²) in [6, 6.07) is 3.97. The number of aromatic nitrogens is 3. The predicted molar refractivity (Wildman–Crippen MR) is 117 cm³/mol. The Morgan fingerprint density at radius 1 is 1.09 bits per heavy atom. The van der Waals surface area contributed by atoms with E-state index in [0.29, 0.717) is 5.82 Å². The molecular weight excluding hydrogens is 471 g/mol. The summed E-state index contributed by atoms with van der Waals surface area (Å²) in [5.74, 6) is -3.72. The highest BCUT2D eigenvalue weighted by Gasteiger charge is 2.50. The van der Waals surface area contributed by atoms with Gasteiger partial charge in [-0.25, -0.2) is 18.7 Å². The molecule has 2 atom stereocenters. The fourth-order valence-corrected chi connectivity index (χ4v) is 3.89. The molecule has 0 saturated carbocycles. The van der Waals surface area contributed by atoms with Crippen LogP contribution in [0.3, 0.4) is 0 Å². The van der Waals surface area contributed by atoms with Crippen LogP contribution >= 0.6 is 0 Å². The standard InChI is InChI=1S/C24H21F5N4O2/c1-12(2)22-31-10-13(11-32-22)23(34)33-19-15(16-9-14(25)3-4-18(16)26)5-7-30-20(19)21-17(6-8-35-21)24(27,28)29/h3-5,7,9-12,17,21H,6,8H2,1-2H3,(H,33,34)/t17-,21-/m1/s1. The lowest BCUT2D eigenvalue weighted by atomic mass is 9.94. The van der Waals surface area contributed by atoms with E-state index in [1.807, 2.05) is 13.8 Å². The number of ether oxygens (including phenoxy) is 1. The number of hydrogen-bond donors (Lipinski definition) is 1. The van der Waals surface area contributed by atoms with Crippen LogP contribution in [0.25, 0.3) is 11.1 Å². The van der Waals surface area contributed by atoms with E-state index in [4.69, 9.17) is 4.74 Å². The van der Waals surface area contributed by atoms with Crippen LogP contribution in [0.5, 0.6) is 0 Å². The Kier molecular flexibility index (Phi) is 6.79. The van der Waals surface area contributed by atoms with Gasteiger partial charge in [0.2, 0.25) is 0 Å². The van der Waals surface area contributed by atoms with Crippen LogP contribution in [0.4, 0.5) is 27.6 Å². The van der Waals surface area contributed by atoms with Crippen molar-refractivity contribution >= 4 is 11.6 Å². The second kappa shape index (κ2) is 9.65. The highest BCUT2D eigenvalue weighted by atomic mass is 19.4. The Balaban J connectivity index is 1.82. The van der Waals surface area contributed by atoms with Crippen LogP contribution in [0.15, 0.2) is 42.9 Å². The smallest absolute Gasteiger partial charge is 0.371 e. The summed E-state index contributed by atoms with van der Waals surface area (Å²) in [5, 5.41) is 2.52. The van der Waals surface area contributed by atoms with Crippen LogP contribution in [0.1, 0.15) is 54.2 Å². The maximum atomic E-state index is 14.7. The largest absolute Gasteiger partial charge is 0.394 e. The average Bonchev–Trinajstić information content (AvgIpc) is 3.31. The number of alkyl halides is 3. The number of hydrogen-bond acceptors (Lipinski definition) is 5. The van der Waals surface area contributed by atoms with Gasteiger partial charge >= 0.3 is 6.18 Å². The van der Waals surface area contributed by atoms with Crippen molar-refractivity contribution in [1.29, 1.82) is 0 Å². The van der Waals surface area contributed by atoms with Crippen LogP contribution in [-0.4, -0.2) is 33.6 Å². The highest BCUT2D eigenvalue weighted by molar-refractivity contribution is 6.06. The quantitative estimate of drug-likeness (QED) is 0.454. The molecule has 1 aliphatic heterocycles. The first-order chi connectivity index (χ1) is 16.6. The van der Waals surface area contributed by atoms with Gasteiger partial charge in [0, 0.05) is 42.2 Å². The van der Waals surface area contributed by atoms with Gasteiger partial charge in [-0.3, -0.25) is 9.78 Å². The molecule has 0 aliphatic carbocycles.